The predicted octanol–water partition coefficient (Wildman–Crippen LogP) is 2.71. The van der Waals surface area contributed by atoms with Gasteiger partial charge in [0, 0.05) is 23.8 Å². The van der Waals surface area contributed by atoms with Crippen LogP contribution in [0.5, 0.6) is 5.88 Å². The Bertz CT molecular complexity index is 604. The molecule has 0 saturated carbocycles. The molecule has 0 aliphatic heterocycles. The molecular weight excluding hydrogens is 258 g/mol. The Morgan fingerprint density at radius 2 is 2.11 bits per heavy atom. The highest BCUT2D eigenvalue weighted by Crippen LogP contribution is 2.24. The van der Waals surface area contributed by atoms with Crippen molar-refractivity contribution in [2.75, 3.05) is 7.11 Å². The molecule has 0 bridgehead atoms. The van der Waals surface area contributed by atoms with Gasteiger partial charge in [0.2, 0.25) is 5.88 Å². The molecule has 18 heavy (non-hydrogen) atoms. The Morgan fingerprint density at radius 3 is 2.78 bits per heavy atom. The van der Waals surface area contributed by atoms with Crippen LogP contribution >= 0.6 is 11.6 Å². The molecule has 0 N–H and O–H groups in total. The lowest BCUT2D eigenvalue weighted by molar-refractivity contribution is -0.384. The SMILES string of the molecule is COc1cc(Cl)nc(-c2cccc([N+](=O)[O-])c2)n1. The van der Waals surface area contributed by atoms with Crippen LogP contribution < -0.4 is 4.74 Å². The molecular formula is C11H8ClN3O3. The second kappa shape index (κ2) is 4.97. The first kappa shape index (κ1) is 12.3. The lowest BCUT2D eigenvalue weighted by atomic mass is 10.2. The van der Waals surface area contributed by atoms with E-state index in [-0.39, 0.29) is 16.7 Å². The summed E-state index contributed by atoms with van der Waals surface area (Å²) in [5.74, 6) is 0.583. The number of nitrogens with zero attached hydrogens (tertiary/aromatic N) is 3. The van der Waals surface area contributed by atoms with Gasteiger partial charge < -0.3 is 4.74 Å². The zero-order valence-corrected chi connectivity index (χ0v) is 10.1. The molecule has 7 heteroatoms. The molecule has 0 saturated heterocycles. The van der Waals surface area contributed by atoms with E-state index in [1.54, 1.807) is 12.1 Å². The summed E-state index contributed by atoms with van der Waals surface area (Å²) in [7, 11) is 1.45. The van der Waals surface area contributed by atoms with Gasteiger partial charge in [0.1, 0.15) is 5.15 Å². The number of benzene rings is 1. The van der Waals surface area contributed by atoms with Gasteiger partial charge in [-0.3, -0.25) is 10.1 Å². The van der Waals surface area contributed by atoms with E-state index in [9.17, 15) is 10.1 Å². The smallest absolute Gasteiger partial charge is 0.270 e. The minimum atomic E-state index is -0.481. The van der Waals surface area contributed by atoms with Crippen molar-refractivity contribution in [2.45, 2.75) is 0 Å². The average molecular weight is 266 g/mol. The van der Waals surface area contributed by atoms with E-state index in [1.165, 1.54) is 25.3 Å². The monoisotopic (exact) mass is 265 g/mol. The van der Waals surface area contributed by atoms with Crippen LogP contribution in [0.2, 0.25) is 5.15 Å². The molecule has 0 amide bonds. The number of non-ortho nitro benzene ring substituents is 1. The van der Waals surface area contributed by atoms with Gasteiger partial charge in [0.25, 0.3) is 5.69 Å². The van der Waals surface area contributed by atoms with Crippen molar-refractivity contribution in [1.29, 1.82) is 0 Å². The molecule has 1 heterocycles. The highest BCUT2D eigenvalue weighted by Gasteiger charge is 2.10. The number of ether oxygens (including phenoxy) is 1. The first-order chi connectivity index (χ1) is 8.60. The van der Waals surface area contributed by atoms with Crippen LogP contribution in [-0.2, 0) is 0 Å². The third-order valence-corrected chi connectivity index (χ3v) is 2.39. The lowest BCUT2D eigenvalue weighted by Crippen LogP contribution is -1.95. The highest BCUT2D eigenvalue weighted by molar-refractivity contribution is 6.29. The summed E-state index contributed by atoms with van der Waals surface area (Å²) in [6.45, 7) is 0. The number of halogens is 1. The van der Waals surface area contributed by atoms with Crippen molar-refractivity contribution in [1.82, 2.24) is 9.97 Å². The summed E-state index contributed by atoms with van der Waals surface area (Å²) in [5.41, 5.74) is 0.472. The largest absolute Gasteiger partial charge is 0.481 e. The molecule has 6 nitrogen and oxygen atoms in total. The topological polar surface area (TPSA) is 78.2 Å². The number of rotatable bonds is 3. The molecule has 2 rings (SSSR count). The quantitative estimate of drug-likeness (QED) is 0.484. The van der Waals surface area contributed by atoms with Crippen LogP contribution in [0.15, 0.2) is 30.3 Å². The van der Waals surface area contributed by atoms with E-state index in [1.807, 2.05) is 0 Å². The van der Waals surface area contributed by atoms with Gasteiger partial charge in [-0.25, -0.2) is 4.98 Å². The lowest BCUT2D eigenvalue weighted by Gasteiger charge is -2.03. The standard InChI is InChI=1S/C11H8ClN3O3/c1-18-10-6-9(12)13-11(14-10)7-3-2-4-8(5-7)15(16)17/h2-6H,1H3. The molecule has 0 aliphatic carbocycles. The molecule has 1 aromatic heterocycles. The maximum Gasteiger partial charge on any atom is 0.270 e. The molecule has 0 atom stereocenters. The molecule has 0 spiro atoms. The van der Waals surface area contributed by atoms with Crippen molar-refractivity contribution >= 4 is 17.3 Å². The van der Waals surface area contributed by atoms with E-state index < -0.39 is 4.92 Å². The van der Waals surface area contributed by atoms with Crippen LogP contribution in [0, 0.1) is 10.1 Å². The van der Waals surface area contributed by atoms with Crippen LogP contribution in [0.25, 0.3) is 11.4 Å². The number of aromatic nitrogens is 2. The Balaban J connectivity index is 2.51. The summed E-state index contributed by atoms with van der Waals surface area (Å²) in [5, 5.41) is 10.9. The minimum Gasteiger partial charge on any atom is -0.481 e. The van der Waals surface area contributed by atoms with Crippen molar-refractivity contribution in [3.05, 3.63) is 45.6 Å². The van der Waals surface area contributed by atoms with E-state index >= 15 is 0 Å². The molecule has 0 aliphatic rings. The van der Waals surface area contributed by atoms with E-state index in [0.717, 1.165) is 0 Å². The summed E-state index contributed by atoms with van der Waals surface area (Å²) < 4.78 is 4.97. The van der Waals surface area contributed by atoms with E-state index in [2.05, 4.69) is 9.97 Å². The number of nitro benzene ring substituents is 1. The van der Waals surface area contributed by atoms with Crippen LogP contribution in [-0.4, -0.2) is 22.0 Å². The zero-order chi connectivity index (χ0) is 13.1. The highest BCUT2D eigenvalue weighted by atomic mass is 35.5. The van der Waals surface area contributed by atoms with Crippen LogP contribution in [0.3, 0.4) is 0 Å². The third-order valence-electron chi connectivity index (χ3n) is 2.20. The summed E-state index contributed by atoms with van der Waals surface area (Å²) in [4.78, 5) is 18.3. The second-order valence-electron chi connectivity index (χ2n) is 3.36. The van der Waals surface area contributed by atoms with Gasteiger partial charge in [-0.05, 0) is 0 Å². The Kier molecular flexibility index (Phi) is 3.38. The number of hydrogen-bond acceptors (Lipinski definition) is 5. The zero-order valence-electron chi connectivity index (χ0n) is 9.33. The molecule has 2 aromatic rings. The first-order valence-corrected chi connectivity index (χ1v) is 5.31. The van der Waals surface area contributed by atoms with Crippen LogP contribution in [0.4, 0.5) is 5.69 Å². The van der Waals surface area contributed by atoms with Gasteiger partial charge in [-0.2, -0.15) is 4.98 Å². The van der Waals surface area contributed by atoms with Crippen molar-refractivity contribution in [3.8, 4) is 17.3 Å². The average Bonchev–Trinajstić information content (AvgIpc) is 2.38. The third kappa shape index (κ3) is 2.54. The molecule has 0 radical (unpaired) electrons. The fourth-order valence-corrected chi connectivity index (χ4v) is 1.56. The fraction of sp³-hybridized carbons (Fsp3) is 0.0909. The molecule has 0 unspecified atom stereocenters. The summed E-state index contributed by atoms with van der Waals surface area (Å²) in [6.07, 6.45) is 0. The first-order valence-electron chi connectivity index (χ1n) is 4.93. The summed E-state index contributed by atoms with van der Waals surface area (Å²) in [6, 6.07) is 7.46. The Labute approximate surface area is 107 Å². The van der Waals surface area contributed by atoms with Gasteiger partial charge in [0.05, 0.1) is 12.0 Å². The Hall–Kier alpha value is -2.21. The maximum absolute atomic E-state index is 10.7. The van der Waals surface area contributed by atoms with Crippen molar-refractivity contribution in [2.24, 2.45) is 0 Å². The number of nitro groups is 1. The molecule has 1 aromatic carbocycles. The van der Waals surface area contributed by atoms with E-state index in [0.29, 0.717) is 11.4 Å². The second-order valence-corrected chi connectivity index (χ2v) is 3.75. The van der Waals surface area contributed by atoms with Crippen molar-refractivity contribution < 1.29 is 9.66 Å². The maximum atomic E-state index is 10.7. The summed E-state index contributed by atoms with van der Waals surface area (Å²) >= 11 is 5.82. The van der Waals surface area contributed by atoms with Gasteiger partial charge >= 0.3 is 0 Å². The normalized spacial score (nSPS) is 10.1. The van der Waals surface area contributed by atoms with Gasteiger partial charge in [0.15, 0.2) is 5.82 Å². The molecule has 0 fully saturated rings. The van der Waals surface area contributed by atoms with E-state index in [4.69, 9.17) is 16.3 Å². The fourth-order valence-electron chi connectivity index (χ4n) is 1.39. The van der Waals surface area contributed by atoms with Crippen LogP contribution in [0.1, 0.15) is 0 Å². The predicted molar refractivity (Wildman–Crippen MR) is 65.7 cm³/mol. The number of hydrogen-bond donors (Lipinski definition) is 0. The van der Waals surface area contributed by atoms with Crippen molar-refractivity contribution in [3.63, 3.8) is 0 Å². The minimum absolute atomic E-state index is 0.0324. The van der Waals surface area contributed by atoms with Gasteiger partial charge in [-0.15, -0.1) is 0 Å². The molecule has 92 valence electrons. The van der Waals surface area contributed by atoms with Gasteiger partial charge in [-0.1, -0.05) is 23.7 Å². The number of methoxy groups -OCH3 is 1. The Morgan fingerprint density at radius 1 is 1.33 bits per heavy atom.